The molecule has 4 rings (SSSR count). The molecule has 0 spiro atoms. The maximum Gasteiger partial charge on any atom is 0.312 e. The molecular formula is C17H14BrN3O5. The van der Waals surface area contributed by atoms with Crippen molar-refractivity contribution in [1.82, 2.24) is 5.01 Å². The summed E-state index contributed by atoms with van der Waals surface area (Å²) in [5.74, 6) is -1.08. The van der Waals surface area contributed by atoms with E-state index in [2.05, 4.69) is 21.0 Å². The first kappa shape index (κ1) is 16.9. The highest BCUT2D eigenvalue weighted by atomic mass is 79.9. The number of amides is 2. The zero-order chi connectivity index (χ0) is 18.6. The van der Waals surface area contributed by atoms with Crippen LogP contribution >= 0.6 is 15.9 Å². The molecule has 1 saturated carbocycles. The summed E-state index contributed by atoms with van der Waals surface area (Å²) in [6, 6.07) is 2.89. The molecule has 1 saturated heterocycles. The molecule has 0 radical (unpaired) electrons. The van der Waals surface area contributed by atoms with Crippen LogP contribution < -0.4 is 4.74 Å². The van der Waals surface area contributed by atoms with E-state index in [1.54, 1.807) is 6.07 Å². The van der Waals surface area contributed by atoms with E-state index in [9.17, 15) is 19.7 Å². The monoisotopic (exact) mass is 419 g/mol. The molecule has 2 aliphatic carbocycles. The van der Waals surface area contributed by atoms with Gasteiger partial charge in [-0.3, -0.25) is 19.7 Å². The van der Waals surface area contributed by atoms with Gasteiger partial charge in [-0.1, -0.05) is 28.1 Å². The number of nitro groups is 1. The van der Waals surface area contributed by atoms with Gasteiger partial charge in [0.05, 0.1) is 30.1 Å². The first-order chi connectivity index (χ1) is 12.4. The molecule has 26 heavy (non-hydrogen) atoms. The SMILES string of the molecule is COc1c(C=NN2C(=O)C3C4C=CC(C4)C3C2=O)cc(Br)cc1[N+](=O)[O-]. The fourth-order valence-electron chi connectivity index (χ4n) is 4.17. The van der Waals surface area contributed by atoms with Gasteiger partial charge in [0, 0.05) is 16.1 Å². The molecule has 4 unspecified atom stereocenters. The first-order valence-electron chi connectivity index (χ1n) is 8.04. The summed E-state index contributed by atoms with van der Waals surface area (Å²) in [6.45, 7) is 0. The first-order valence-corrected chi connectivity index (χ1v) is 8.83. The lowest BCUT2D eigenvalue weighted by atomic mass is 9.85. The van der Waals surface area contributed by atoms with Gasteiger partial charge in [0.15, 0.2) is 0 Å². The van der Waals surface area contributed by atoms with Crippen molar-refractivity contribution < 1.29 is 19.2 Å². The number of hydrogen-bond donors (Lipinski definition) is 0. The van der Waals surface area contributed by atoms with E-state index in [4.69, 9.17) is 4.74 Å². The van der Waals surface area contributed by atoms with Gasteiger partial charge >= 0.3 is 5.69 Å². The van der Waals surface area contributed by atoms with Crippen LogP contribution in [0.25, 0.3) is 0 Å². The second-order valence-corrected chi connectivity index (χ2v) is 7.45. The van der Waals surface area contributed by atoms with Crippen LogP contribution in [-0.4, -0.2) is 35.1 Å². The molecular weight excluding hydrogens is 406 g/mol. The Morgan fingerprint density at radius 1 is 1.27 bits per heavy atom. The zero-order valence-electron chi connectivity index (χ0n) is 13.7. The Hall–Kier alpha value is -2.55. The fourth-order valence-corrected chi connectivity index (χ4v) is 4.64. The van der Waals surface area contributed by atoms with Crippen molar-refractivity contribution in [3.8, 4) is 5.75 Å². The van der Waals surface area contributed by atoms with Crippen molar-refractivity contribution in [2.24, 2.45) is 28.8 Å². The highest BCUT2D eigenvalue weighted by Gasteiger charge is 2.59. The van der Waals surface area contributed by atoms with Gasteiger partial charge < -0.3 is 4.74 Å². The van der Waals surface area contributed by atoms with Crippen molar-refractivity contribution in [3.05, 3.63) is 44.4 Å². The van der Waals surface area contributed by atoms with Crippen molar-refractivity contribution in [3.63, 3.8) is 0 Å². The van der Waals surface area contributed by atoms with Crippen LogP contribution in [-0.2, 0) is 9.59 Å². The summed E-state index contributed by atoms with van der Waals surface area (Å²) in [5.41, 5.74) is 0.0637. The third kappa shape index (κ3) is 2.38. The summed E-state index contributed by atoms with van der Waals surface area (Å²) in [6.07, 6.45) is 6.11. The average molecular weight is 420 g/mol. The number of ether oxygens (including phenoxy) is 1. The molecule has 134 valence electrons. The molecule has 9 heteroatoms. The number of carbonyl (C=O) groups is 2. The lowest BCUT2D eigenvalue weighted by Crippen LogP contribution is -2.28. The van der Waals surface area contributed by atoms with Gasteiger partial charge in [-0.2, -0.15) is 10.1 Å². The molecule has 4 atom stereocenters. The predicted octanol–water partition coefficient (Wildman–Crippen LogP) is 2.51. The van der Waals surface area contributed by atoms with Crippen LogP contribution in [0.15, 0.2) is 33.9 Å². The number of fused-ring (bicyclic) bond motifs is 5. The van der Waals surface area contributed by atoms with E-state index >= 15 is 0 Å². The van der Waals surface area contributed by atoms with Crippen LogP contribution in [0.5, 0.6) is 5.75 Å². The maximum absolute atomic E-state index is 12.6. The second-order valence-electron chi connectivity index (χ2n) is 6.54. The maximum atomic E-state index is 12.6. The second kappa shape index (κ2) is 6.01. The summed E-state index contributed by atoms with van der Waals surface area (Å²) in [5, 5.41) is 16.1. The number of hydrogen-bond acceptors (Lipinski definition) is 6. The van der Waals surface area contributed by atoms with E-state index in [1.807, 2.05) is 12.2 Å². The van der Waals surface area contributed by atoms with Gasteiger partial charge in [-0.25, -0.2) is 0 Å². The Morgan fingerprint density at radius 2 is 1.88 bits per heavy atom. The van der Waals surface area contributed by atoms with Crippen molar-refractivity contribution >= 4 is 39.6 Å². The molecule has 1 heterocycles. The topological polar surface area (TPSA) is 102 Å². The summed E-state index contributed by atoms with van der Waals surface area (Å²) in [7, 11) is 1.31. The van der Waals surface area contributed by atoms with Crippen LogP contribution in [0.3, 0.4) is 0 Å². The minimum atomic E-state index is -0.569. The number of nitro benzene ring substituents is 1. The molecule has 2 bridgehead atoms. The van der Waals surface area contributed by atoms with Crippen molar-refractivity contribution in [1.29, 1.82) is 0 Å². The van der Waals surface area contributed by atoms with Gasteiger partial charge in [0.1, 0.15) is 0 Å². The molecule has 1 aliphatic heterocycles. The highest BCUT2D eigenvalue weighted by Crippen LogP contribution is 2.52. The van der Waals surface area contributed by atoms with E-state index in [0.29, 0.717) is 10.0 Å². The molecule has 0 N–H and O–H groups in total. The standard InChI is InChI=1S/C17H14BrN3O5/c1-26-15-10(5-11(18)6-12(15)21(24)25)7-19-20-16(22)13-8-2-3-9(4-8)14(13)17(20)23/h2-3,5-9,13-14H,4H2,1H3. The van der Waals surface area contributed by atoms with Crippen LogP contribution in [0.1, 0.15) is 12.0 Å². The molecule has 0 aromatic heterocycles. The molecule has 8 nitrogen and oxygen atoms in total. The lowest BCUT2D eigenvalue weighted by molar-refractivity contribution is -0.385. The third-order valence-electron chi connectivity index (χ3n) is 5.22. The quantitative estimate of drug-likeness (QED) is 0.245. The van der Waals surface area contributed by atoms with E-state index in [0.717, 1.165) is 11.4 Å². The molecule has 1 aromatic rings. The Labute approximate surface area is 156 Å². The number of imide groups is 1. The number of allylic oxidation sites excluding steroid dienone is 2. The molecule has 2 fully saturated rings. The van der Waals surface area contributed by atoms with E-state index in [1.165, 1.54) is 19.4 Å². The number of halogens is 1. The third-order valence-corrected chi connectivity index (χ3v) is 5.68. The number of rotatable bonds is 4. The van der Waals surface area contributed by atoms with Gasteiger partial charge in [-0.15, -0.1) is 0 Å². The Balaban J connectivity index is 1.66. The van der Waals surface area contributed by atoms with Gasteiger partial charge in [0.2, 0.25) is 5.75 Å². The number of carbonyl (C=O) groups excluding carboxylic acids is 2. The minimum absolute atomic E-state index is 0.0166. The fraction of sp³-hybridized carbons (Fsp3) is 0.353. The predicted molar refractivity (Wildman–Crippen MR) is 94.5 cm³/mol. The van der Waals surface area contributed by atoms with Gasteiger partial charge in [0.25, 0.3) is 11.8 Å². The van der Waals surface area contributed by atoms with Crippen LogP contribution in [0, 0.1) is 33.8 Å². The smallest absolute Gasteiger partial charge is 0.312 e. The molecule has 2 amide bonds. The number of hydrazone groups is 1. The van der Waals surface area contributed by atoms with E-state index < -0.39 is 4.92 Å². The number of benzene rings is 1. The van der Waals surface area contributed by atoms with Crippen LogP contribution in [0.2, 0.25) is 0 Å². The number of nitrogens with zero attached hydrogens (tertiary/aromatic N) is 3. The largest absolute Gasteiger partial charge is 0.490 e. The lowest BCUT2D eigenvalue weighted by Gasteiger charge is -2.13. The number of methoxy groups -OCH3 is 1. The molecule has 1 aromatic carbocycles. The zero-order valence-corrected chi connectivity index (χ0v) is 15.3. The minimum Gasteiger partial charge on any atom is -0.490 e. The highest BCUT2D eigenvalue weighted by molar-refractivity contribution is 9.10. The Bertz CT molecular complexity index is 867. The normalized spacial score (nSPS) is 29.1. The molecule has 3 aliphatic rings. The Kier molecular flexibility index (Phi) is 3.91. The summed E-state index contributed by atoms with van der Waals surface area (Å²) >= 11 is 3.21. The van der Waals surface area contributed by atoms with Crippen LogP contribution in [0.4, 0.5) is 5.69 Å². The summed E-state index contributed by atoms with van der Waals surface area (Å²) < 4.78 is 5.59. The van der Waals surface area contributed by atoms with Crippen molar-refractivity contribution in [2.75, 3.05) is 7.11 Å². The van der Waals surface area contributed by atoms with Gasteiger partial charge in [-0.05, 0) is 24.3 Å². The van der Waals surface area contributed by atoms with Crippen molar-refractivity contribution in [2.45, 2.75) is 6.42 Å². The summed E-state index contributed by atoms with van der Waals surface area (Å²) in [4.78, 5) is 35.9. The van der Waals surface area contributed by atoms with E-state index in [-0.39, 0.29) is 46.9 Å². The average Bonchev–Trinajstić information content (AvgIpc) is 3.27. The Morgan fingerprint density at radius 3 is 2.42 bits per heavy atom.